The van der Waals surface area contributed by atoms with Crippen molar-refractivity contribution in [2.24, 2.45) is 0 Å². The van der Waals surface area contributed by atoms with Crippen molar-refractivity contribution in [3.63, 3.8) is 0 Å². The zero-order chi connectivity index (χ0) is 17.3. The van der Waals surface area contributed by atoms with Crippen molar-refractivity contribution >= 4 is 22.8 Å². The van der Waals surface area contributed by atoms with E-state index in [1.165, 1.54) is 11.8 Å². The number of hydrogen-bond acceptors (Lipinski definition) is 5. The van der Waals surface area contributed by atoms with Crippen molar-refractivity contribution in [3.8, 4) is 6.07 Å². The first kappa shape index (κ1) is 16.3. The van der Waals surface area contributed by atoms with Crippen molar-refractivity contribution in [2.75, 3.05) is 0 Å². The highest BCUT2D eigenvalue weighted by Gasteiger charge is 2.19. The second-order valence-electron chi connectivity index (χ2n) is 5.10. The highest BCUT2D eigenvalue weighted by molar-refractivity contribution is 7.98. The number of fused-ring (bicyclic) bond motifs is 1. The summed E-state index contributed by atoms with van der Waals surface area (Å²) >= 11 is 1.21. The quantitative estimate of drug-likeness (QED) is 0.528. The molecule has 3 aromatic rings. The first-order chi connectivity index (χ1) is 11.5. The molecule has 0 amide bonds. The second-order valence-corrected chi connectivity index (χ2v) is 6.07. The average Bonchev–Trinajstić information content (AvgIpc) is 2.91. The van der Waals surface area contributed by atoms with E-state index in [0.29, 0.717) is 33.1 Å². The molecule has 122 valence electrons. The van der Waals surface area contributed by atoms with E-state index in [-0.39, 0.29) is 11.6 Å². The summed E-state index contributed by atoms with van der Waals surface area (Å²) in [5.74, 6) is 0.967. The second kappa shape index (κ2) is 6.53. The molecular weight excluding hydrogens is 332 g/mol. The van der Waals surface area contributed by atoms with Crippen LogP contribution in [0.3, 0.4) is 0 Å². The molecule has 0 aliphatic rings. The molecular formula is C16H13F2N5S. The van der Waals surface area contributed by atoms with Crippen molar-refractivity contribution in [2.45, 2.75) is 31.2 Å². The van der Waals surface area contributed by atoms with Crippen LogP contribution in [0.2, 0.25) is 0 Å². The number of aryl methyl sites for hydroxylation is 2. The van der Waals surface area contributed by atoms with E-state index >= 15 is 0 Å². The van der Waals surface area contributed by atoms with Crippen molar-refractivity contribution in [1.29, 1.82) is 5.26 Å². The van der Waals surface area contributed by atoms with Crippen LogP contribution < -0.4 is 0 Å². The third-order valence-corrected chi connectivity index (χ3v) is 4.45. The van der Waals surface area contributed by atoms with Crippen molar-refractivity contribution in [1.82, 2.24) is 19.5 Å². The molecule has 3 rings (SSSR count). The van der Waals surface area contributed by atoms with E-state index in [9.17, 15) is 14.0 Å². The third kappa shape index (κ3) is 2.95. The van der Waals surface area contributed by atoms with Gasteiger partial charge in [0.1, 0.15) is 28.3 Å². The SMILES string of the molecule is Cc1nc(C)c(C#N)c(SCc2nc3ccccc3n2C(F)F)n1. The molecule has 24 heavy (non-hydrogen) atoms. The Hall–Kier alpha value is -2.53. The van der Waals surface area contributed by atoms with Gasteiger partial charge in [0.15, 0.2) is 0 Å². The number of thioether (sulfide) groups is 1. The summed E-state index contributed by atoms with van der Waals surface area (Å²) < 4.78 is 27.8. The van der Waals surface area contributed by atoms with Crippen LogP contribution in [0.15, 0.2) is 29.3 Å². The van der Waals surface area contributed by atoms with E-state index < -0.39 is 6.55 Å². The van der Waals surface area contributed by atoms with Crippen LogP contribution in [0, 0.1) is 25.2 Å². The molecule has 2 aromatic heterocycles. The number of benzene rings is 1. The van der Waals surface area contributed by atoms with E-state index in [1.54, 1.807) is 38.1 Å². The molecule has 8 heteroatoms. The number of imidazole rings is 1. The van der Waals surface area contributed by atoms with Gasteiger partial charge in [-0.2, -0.15) is 14.0 Å². The zero-order valence-corrected chi connectivity index (χ0v) is 13.8. The minimum Gasteiger partial charge on any atom is -0.269 e. The Kier molecular flexibility index (Phi) is 4.44. The summed E-state index contributed by atoms with van der Waals surface area (Å²) in [6.07, 6.45) is 0. The molecule has 0 aliphatic carbocycles. The van der Waals surface area contributed by atoms with Crippen molar-refractivity contribution < 1.29 is 8.78 Å². The van der Waals surface area contributed by atoms with Gasteiger partial charge >= 0.3 is 6.55 Å². The maximum Gasteiger partial charge on any atom is 0.320 e. The van der Waals surface area contributed by atoms with Gasteiger partial charge in [-0.05, 0) is 26.0 Å². The van der Waals surface area contributed by atoms with Gasteiger partial charge in [-0.1, -0.05) is 23.9 Å². The fraction of sp³-hybridized carbons (Fsp3) is 0.250. The van der Waals surface area contributed by atoms with Gasteiger partial charge in [-0.3, -0.25) is 4.57 Å². The minimum absolute atomic E-state index is 0.184. The summed E-state index contributed by atoms with van der Waals surface area (Å²) in [5, 5.41) is 9.74. The summed E-state index contributed by atoms with van der Waals surface area (Å²) in [6, 6.07) is 8.84. The molecule has 0 bridgehead atoms. The van der Waals surface area contributed by atoms with Crippen LogP contribution in [0.25, 0.3) is 11.0 Å². The first-order valence-electron chi connectivity index (χ1n) is 7.13. The number of para-hydroxylation sites is 2. The fourth-order valence-corrected chi connectivity index (χ4v) is 3.47. The maximum atomic E-state index is 13.4. The maximum absolute atomic E-state index is 13.4. The number of alkyl halides is 2. The van der Waals surface area contributed by atoms with E-state index in [2.05, 4.69) is 21.0 Å². The van der Waals surface area contributed by atoms with Gasteiger partial charge in [0.25, 0.3) is 0 Å². The summed E-state index contributed by atoms with van der Waals surface area (Å²) in [7, 11) is 0. The molecule has 2 heterocycles. The molecule has 0 aliphatic heterocycles. The first-order valence-corrected chi connectivity index (χ1v) is 8.12. The highest BCUT2D eigenvalue weighted by Crippen LogP contribution is 2.29. The molecule has 1 aromatic carbocycles. The van der Waals surface area contributed by atoms with Crippen LogP contribution in [-0.4, -0.2) is 19.5 Å². The number of aromatic nitrogens is 4. The Balaban J connectivity index is 1.98. The Morgan fingerprint density at radius 1 is 1.21 bits per heavy atom. The minimum atomic E-state index is -2.68. The molecule has 0 spiro atoms. The molecule has 0 fully saturated rings. The number of hydrogen-bond donors (Lipinski definition) is 0. The lowest BCUT2D eigenvalue weighted by atomic mass is 10.3. The number of halogens is 2. The topological polar surface area (TPSA) is 67.4 Å². The molecule has 0 radical (unpaired) electrons. The van der Waals surface area contributed by atoms with Crippen LogP contribution in [0.4, 0.5) is 8.78 Å². The fourth-order valence-electron chi connectivity index (χ4n) is 2.46. The molecule has 0 unspecified atom stereocenters. The highest BCUT2D eigenvalue weighted by atomic mass is 32.2. The number of nitriles is 1. The van der Waals surface area contributed by atoms with Crippen LogP contribution in [-0.2, 0) is 5.75 Å². The van der Waals surface area contributed by atoms with Crippen LogP contribution in [0.5, 0.6) is 0 Å². The van der Waals surface area contributed by atoms with Gasteiger partial charge in [-0.25, -0.2) is 15.0 Å². The molecule has 0 saturated heterocycles. The van der Waals surface area contributed by atoms with Gasteiger partial charge in [0, 0.05) is 0 Å². The molecule has 0 atom stereocenters. The lowest BCUT2D eigenvalue weighted by Gasteiger charge is -2.09. The smallest absolute Gasteiger partial charge is 0.269 e. The Bertz CT molecular complexity index is 946. The van der Waals surface area contributed by atoms with Gasteiger partial charge < -0.3 is 0 Å². The third-order valence-electron chi connectivity index (χ3n) is 3.48. The van der Waals surface area contributed by atoms with E-state index in [0.717, 1.165) is 4.57 Å². The Labute approximate surface area is 141 Å². The zero-order valence-electron chi connectivity index (χ0n) is 13.0. The Morgan fingerprint density at radius 3 is 2.67 bits per heavy atom. The van der Waals surface area contributed by atoms with E-state index in [4.69, 9.17) is 0 Å². The predicted molar refractivity (Wildman–Crippen MR) is 86.8 cm³/mol. The summed E-state index contributed by atoms with van der Waals surface area (Å²) in [5.41, 5.74) is 1.85. The average molecular weight is 345 g/mol. The summed E-state index contributed by atoms with van der Waals surface area (Å²) in [6.45, 7) is 0.774. The molecule has 0 N–H and O–H groups in total. The van der Waals surface area contributed by atoms with Gasteiger partial charge in [0.2, 0.25) is 0 Å². The normalized spacial score (nSPS) is 11.2. The largest absolute Gasteiger partial charge is 0.320 e. The number of nitrogens with zero attached hydrogens (tertiary/aromatic N) is 5. The van der Waals surface area contributed by atoms with Crippen molar-refractivity contribution in [3.05, 3.63) is 47.2 Å². The van der Waals surface area contributed by atoms with Crippen LogP contribution >= 0.6 is 11.8 Å². The molecule has 5 nitrogen and oxygen atoms in total. The van der Waals surface area contributed by atoms with Gasteiger partial charge in [-0.15, -0.1) is 0 Å². The van der Waals surface area contributed by atoms with E-state index in [1.807, 2.05) is 0 Å². The Morgan fingerprint density at radius 2 is 1.96 bits per heavy atom. The molecule has 0 saturated carbocycles. The van der Waals surface area contributed by atoms with Crippen LogP contribution in [0.1, 0.15) is 29.5 Å². The van der Waals surface area contributed by atoms with Gasteiger partial charge in [0.05, 0.1) is 22.5 Å². The lowest BCUT2D eigenvalue weighted by molar-refractivity contribution is 0.0722. The summed E-state index contributed by atoms with van der Waals surface area (Å²) in [4.78, 5) is 12.7. The predicted octanol–water partition coefficient (Wildman–Crippen LogP) is 4.00. The monoisotopic (exact) mass is 345 g/mol. The number of rotatable bonds is 4. The lowest BCUT2D eigenvalue weighted by Crippen LogP contribution is -2.04. The standard InChI is InChI=1S/C16H13F2N5S/c1-9-11(7-19)15(21-10(2)20-9)24-8-14-22-12-5-3-4-6-13(12)23(14)16(17)18/h3-6,16H,8H2,1-2H3.